The second-order valence-electron chi connectivity index (χ2n) is 5.05. The normalized spacial score (nSPS) is 13.4. The summed E-state index contributed by atoms with van der Waals surface area (Å²) in [7, 11) is 0. The molecule has 24 heavy (non-hydrogen) atoms. The van der Waals surface area contributed by atoms with Crippen molar-refractivity contribution in [1.82, 2.24) is 10.2 Å². The van der Waals surface area contributed by atoms with E-state index >= 15 is 0 Å². The summed E-state index contributed by atoms with van der Waals surface area (Å²) in [5.41, 5.74) is 3.25. The largest absolute Gasteiger partial charge is 0.434 e. The van der Waals surface area contributed by atoms with Crippen LogP contribution in [-0.2, 0) is 10.4 Å². The Kier molecular flexibility index (Phi) is 3.74. The molecule has 1 unspecified atom stereocenters. The van der Waals surface area contributed by atoms with Gasteiger partial charge in [0.1, 0.15) is 5.82 Å². The van der Waals surface area contributed by atoms with E-state index in [-0.39, 0.29) is 22.6 Å². The van der Waals surface area contributed by atoms with Crippen molar-refractivity contribution in [2.24, 2.45) is 5.73 Å². The van der Waals surface area contributed by atoms with Crippen molar-refractivity contribution >= 4 is 5.91 Å². The fourth-order valence-electron chi connectivity index (χ4n) is 2.39. The fraction of sp³-hybridized carbons (Fsp3) is 0.0625. The lowest BCUT2D eigenvalue weighted by molar-refractivity contribution is -0.133. The topological polar surface area (TPSA) is 122 Å². The molecule has 2 aromatic carbocycles. The molecule has 8 heteroatoms. The average Bonchev–Trinajstić information content (AvgIpc) is 3.01. The lowest BCUT2D eigenvalue weighted by Gasteiger charge is -2.26. The standard InChI is InChI=1S/C16H12FN3O4/c17-12-7-6-10(8-11(12)13-19-20-15(22)24-13)16(23,14(18)21)9-4-2-1-3-5-9/h1-8,23H,(H2,18,21)(H,20,22). The van der Waals surface area contributed by atoms with Gasteiger partial charge in [0, 0.05) is 0 Å². The molecule has 0 radical (unpaired) electrons. The van der Waals surface area contributed by atoms with Gasteiger partial charge in [0.2, 0.25) is 0 Å². The molecule has 122 valence electrons. The van der Waals surface area contributed by atoms with Crippen molar-refractivity contribution in [3.05, 3.63) is 76.0 Å². The highest BCUT2D eigenvalue weighted by Gasteiger charge is 2.38. The Labute approximate surface area is 134 Å². The summed E-state index contributed by atoms with van der Waals surface area (Å²) in [6, 6.07) is 11.4. The van der Waals surface area contributed by atoms with Gasteiger partial charge in [-0.25, -0.2) is 14.3 Å². The third kappa shape index (κ3) is 2.48. The first kappa shape index (κ1) is 15.6. The number of hydrogen-bond donors (Lipinski definition) is 3. The zero-order chi connectivity index (χ0) is 17.3. The van der Waals surface area contributed by atoms with E-state index in [0.717, 1.165) is 12.1 Å². The van der Waals surface area contributed by atoms with E-state index in [1.165, 1.54) is 18.2 Å². The predicted molar refractivity (Wildman–Crippen MR) is 81.2 cm³/mol. The molecule has 3 rings (SSSR count). The lowest BCUT2D eigenvalue weighted by atomic mass is 9.85. The van der Waals surface area contributed by atoms with Gasteiger partial charge < -0.3 is 15.3 Å². The Hall–Kier alpha value is -3.26. The number of hydrogen-bond acceptors (Lipinski definition) is 5. The molecule has 0 fully saturated rings. The molecule has 1 atom stereocenters. The average molecular weight is 329 g/mol. The van der Waals surface area contributed by atoms with Crippen LogP contribution in [-0.4, -0.2) is 21.2 Å². The van der Waals surface area contributed by atoms with Crippen LogP contribution in [0.15, 0.2) is 57.7 Å². The maximum atomic E-state index is 14.0. The number of benzene rings is 2. The Morgan fingerprint density at radius 1 is 1.21 bits per heavy atom. The molecule has 0 aliphatic carbocycles. The number of carbonyl (C=O) groups is 1. The van der Waals surface area contributed by atoms with E-state index < -0.39 is 23.1 Å². The Morgan fingerprint density at radius 2 is 1.92 bits per heavy atom. The van der Waals surface area contributed by atoms with E-state index in [1.807, 2.05) is 5.10 Å². The highest BCUT2D eigenvalue weighted by Crippen LogP contribution is 2.32. The fourth-order valence-corrected chi connectivity index (χ4v) is 2.39. The monoisotopic (exact) mass is 329 g/mol. The van der Waals surface area contributed by atoms with Crippen LogP contribution in [0.5, 0.6) is 0 Å². The zero-order valence-corrected chi connectivity index (χ0v) is 12.2. The van der Waals surface area contributed by atoms with E-state index in [4.69, 9.17) is 10.2 Å². The molecule has 1 aromatic heterocycles. The second-order valence-corrected chi connectivity index (χ2v) is 5.05. The van der Waals surface area contributed by atoms with Crippen LogP contribution < -0.4 is 11.5 Å². The number of halogens is 1. The Morgan fingerprint density at radius 3 is 2.50 bits per heavy atom. The third-order valence-corrected chi connectivity index (χ3v) is 3.60. The first-order chi connectivity index (χ1) is 11.4. The molecule has 0 saturated carbocycles. The van der Waals surface area contributed by atoms with E-state index in [9.17, 15) is 19.1 Å². The molecule has 4 N–H and O–H groups in total. The van der Waals surface area contributed by atoms with E-state index in [0.29, 0.717) is 0 Å². The van der Waals surface area contributed by atoms with Gasteiger partial charge in [-0.2, -0.15) is 0 Å². The van der Waals surface area contributed by atoms with Gasteiger partial charge in [0.05, 0.1) is 5.56 Å². The van der Waals surface area contributed by atoms with Gasteiger partial charge in [0.25, 0.3) is 11.8 Å². The molecule has 1 heterocycles. The summed E-state index contributed by atoms with van der Waals surface area (Å²) in [5, 5.41) is 16.4. The highest BCUT2D eigenvalue weighted by atomic mass is 19.1. The van der Waals surface area contributed by atoms with Gasteiger partial charge in [-0.3, -0.25) is 4.79 Å². The molecule has 0 aliphatic rings. The number of H-pyrrole nitrogens is 1. The summed E-state index contributed by atoms with van der Waals surface area (Å²) in [6.07, 6.45) is 0. The van der Waals surface area contributed by atoms with Crippen LogP contribution in [0.1, 0.15) is 11.1 Å². The van der Waals surface area contributed by atoms with Crippen LogP contribution in [0.25, 0.3) is 11.5 Å². The molecule has 7 nitrogen and oxygen atoms in total. The van der Waals surface area contributed by atoms with Crippen LogP contribution in [0.3, 0.4) is 0 Å². The first-order valence-electron chi connectivity index (χ1n) is 6.86. The molecule has 3 aromatic rings. The number of carbonyl (C=O) groups excluding carboxylic acids is 1. The minimum atomic E-state index is -2.18. The van der Waals surface area contributed by atoms with Gasteiger partial charge in [-0.1, -0.05) is 36.4 Å². The minimum absolute atomic E-state index is 0.0169. The molecule has 1 amide bonds. The number of nitrogens with one attached hydrogen (secondary N) is 1. The highest BCUT2D eigenvalue weighted by molar-refractivity contribution is 5.89. The zero-order valence-electron chi connectivity index (χ0n) is 12.2. The van der Waals surface area contributed by atoms with Crippen LogP contribution in [0.4, 0.5) is 4.39 Å². The van der Waals surface area contributed by atoms with Crippen molar-refractivity contribution in [1.29, 1.82) is 0 Å². The number of nitrogens with two attached hydrogens (primary N) is 1. The van der Waals surface area contributed by atoms with E-state index in [2.05, 4.69) is 5.10 Å². The lowest BCUT2D eigenvalue weighted by Crippen LogP contribution is -2.42. The molecule has 0 spiro atoms. The van der Waals surface area contributed by atoms with Crippen molar-refractivity contribution in [2.45, 2.75) is 5.60 Å². The van der Waals surface area contributed by atoms with Crippen molar-refractivity contribution < 1.29 is 18.7 Å². The quantitative estimate of drug-likeness (QED) is 0.656. The van der Waals surface area contributed by atoms with Crippen LogP contribution in [0, 0.1) is 5.82 Å². The molecular formula is C16H12FN3O4. The second kappa shape index (κ2) is 5.74. The predicted octanol–water partition coefficient (Wildman–Crippen LogP) is 0.890. The SMILES string of the molecule is NC(=O)C(O)(c1ccccc1)c1ccc(F)c(-c2n[nH]c(=O)o2)c1. The summed E-state index contributed by atoms with van der Waals surface area (Å²) in [4.78, 5) is 23.0. The van der Waals surface area contributed by atoms with Gasteiger partial charge >= 0.3 is 5.76 Å². The molecule has 0 saturated heterocycles. The van der Waals surface area contributed by atoms with Crippen molar-refractivity contribution in [2.75, 3.05) is 0 Å². The summed E-state index contributed by atoms with van der Waals surface area (Å²) >= 11 is 0. The summed E-state index contributed by atoms with van der Waals surface area (Å²) in [5.74, 6) is -2.94. The number of rotatable bonds is 4. The Bertz CT molecular complexity index is 951. The van der Waals surface area contributed by atoms with Crippen LogP contribution >= 0.6 is 0 Å². The summed E-state index contributed by atoms with van der Waals surface area (Å²) in [6.45, 7) is 0. The van der Waals surface area contributed by atoms with E-state index in [1.54, 1.807) is 18.2 Å². The molecule has 0 aliphatic heterocycles. The first-order valence-corrected chi connectivity index (χ1v) is 6.86. The van der Waals surface area contributed by atoms with Crippen LogP contribution in [0.2, 0.25) is 0 Å². The van der Waals surface area contributed by atoms with Gasteiger partial charge in [-0.15, -0.1) is 5.10 Å². The molecular weight excluding hydrogens is 317 g/mol. The molecule has 0 bridgehead atoms. The number of aromatic nitrogens is 2. The maximum absolute atomic E-state index is 14.0. The number of nitrogens with zero attached hydrogens (tertiary/aromatic N) is 1. The maximum Gasteiger partial charge on any atom is 0.434 e. The number of aromatic amines is 1. The smallest absolute Gasteiger partial charge is 0.388 e. The number of aliphatic hydroxyl groups is 1. The van der Waals surface area contributed by atoms with Crippen molar-refractivity contribution in [3.63, 3.8) is 0 Å². The Balaban J connectivity index is 2.20. The number of amides is 1. The van der Waals surface area contributed by atoms with Gasteiger partial charge in [-0.05, 0) is 23.3 Å². The third-order valence-electron chi connectivity index (χ3n) is 3.60. The van der Waals surface area contributed by atoms with Crippen molar-refractivity contribution in [3.8, 4) is 11.5 Å². The van der Waals surface area contributed by atoms with Gasteiger partial charge in [0.15, 0.2) is 5.60 Å². The summed E-state index contributed by atoms with van der Waals surface area (Å²) < 4.78 is 18.8. The minimum Gasteiger partial charge on any atom is -0.388 e. The number of primary amides is 1.